The molecule has 0 saturated carbocycles. The van der Waals surface area contributed by atoms with Crippen LogP contribution in [0.1, 0.15) is 12.8 Å². The van der Waals surface area contributed by atoms with E-state index in [0.717, 1.165) is 26.1 Å². The average molecular weight is 142 g/mol. The van der Waals surface area contributed by atoms with Crippen molar-refractivity contribution in [3.05, 3.63) is 0 Å². The van der Waals surface area contributed by atoms with Crippen LogP contribution in [0.2, 0.25) is 0 Å². The van der Waals surface area contributed by atoms with Crippen molar-refractivity contribution >= 4 is 6.34 Å². The maximum Gasteiger partial charge on any atom is 0.0817 e. The molecular weight excluding hydrogens is 128 g/mol. The van der Waals surface area contributed by atoms with E-state index in [-0.39, 0.29) is 0 Å². The van der Waals surface area contributed by atoms with Gasteiger partial charge in [0.15, 0.2) is 0 Å². The molecule has 1 N–H and O–H groups in total. The van der Waals surface area contributed by atoms with Crippen molar-refractivity contribution in [1.82, 2.24) is 4.90 Å². The summed E-state index contributed by atoms with van der Waals surface area (Å²) >= 11 is 0. The minimum absolute atomic E-state index is 0.534. The summed E-state index contributed by atoms with van der Waals surface area (Å²) < 4.78 is 5.19. The Hall–Kier alpha value is -0.570. The molecule has 0 atom stereocenters. The highest BCUT2D eigenvalue weighted by Crippen LogP contribution is 2.10. The molecule has 1 rings (SSSR count). The quantitative estimate of drug-likeness (QED) is 0.455. The second kappa shape index (κ2) is 3.56. The average Bonchev–Trinajstić information content (AvgIpc) is 2.05. The van der Waals surface area contributed by atoms with E-state index < -0.39 is 0 Å². The molecular formula is C7H14N2O. The van der Waals surface area contributed by atoms with Gasteiger partial charge < -0.3 is 9.64 Å². The highest BCUT2D eigenvalue weighted by atomic mass is 16.5. The standard InChI is InChI=1S/C7H14N2O/c1-9(6-8)7-2-4-10-5-3-7/h6-8H,2-5H2,1H3. The second-order valence-corrected chi connectivity index (χ2v) is 2.64. The van der Waals surface area contributed by atoms with Crippen LogP contribution in [0.5, 0.6) is 0 Å². The lowest BCUT2D eigenvalue weighted by Gasteiger charge is -2.28. The number of nitrogens with one attached hydrogen (secondary N) is 1. The van der Waals surface area contributed by atoms with E-state index in [0.29, 0.717) is 6.04 Å². The summed E-state index contributed by atoms with van der Waals surface area (Å²) in [5, 5.41) is 7.01. The molecule has 1 aliphatic rings. The van der Waals surface area contributed by atoms with E-state index in [1.807, 2.05) is 11.9 Å². The largest absolute Gasteiger partial charge is 0.381 e. The molecule has 1 fully saturated rings. The molecule has 3 nitrogen and oxygen atoms in total. The molecule has 0 spiro atoms. The van der Waals surface area contributed by atoms with Crippen LogP contribution in [0, 0.1) is 5.41 Å². The van der Waals surface area contributed by atoms with E-state index in [9.17, 15) is 0 Å². The van der Waals surface area contributed by atoms with Crippen molar-refractivity contribution in [3.63, 3.8) is 0 Å². The summed E-state index contributed by atoms with van der Waals surface area (Å²) in [7, 11) is 1.95. The van der Waals surface area contributed by atoms with Gasteiger partial charge in [0.05, 0.1) is 6.34 Å². The first-order valence-electron chi connectivity index (χ1n) is 3.65. The minimum Gasteiger partial charge on any atom is -0.381 e. The molecule has 0 aromatic heterocycles. The predicted molar refractivity (Wildman–Crippen MR) is 40.4 cm³/mol. The zero-order chi connectivity index (χ0) is 7.40. The van der Waals surface area contributed by atoms with Gasteiger partial charge >= 0.3 is 0 Å². The van der Waals surface area contributed by atoms with Gasteiger partial charge in [0, 0.05) is 26.3 Å². The Morgan fingerprint density at radius 1 is 1.50 bits per heavy atom. The van der Waals surface area contributed by atoms with Gasteiger partial charge in [-0.3, -0.25) is 5.41 Å². The maximum atomic E-state index is 7.01. The molecule has 3 heteroatoms. The minimum atomic E-state index is 0.534. The lowest BCUT2D eigenvalue weighted by atomic mass is 10.1. The number of hydrogen-bond acceptors (Lipinski definition) is 2. The number of ether oxygens (including phenoxy) is 1. The summed E-state index contributed by atoms with van der Waals surface area (Å²) in [5.41, 5.74) is 0. The second-order valence-electron chi connectivity index (χ2n) is 2.64. The van der Waals surface area contributed by atoms with Crippen LogP contribution in [0.15, 0.2) is 0 Å². The van der Waals surface area contributed by atoms with E-state index in [1.54, 1.807) is 0 Å². The Balaban J connectivity index is 2.30. The predicted octanol–water partition coefficient (Wildman–Crippen LogP) is 0.704. The molecule has 0 amide bonds. The number of hydrogen-bond donors (Lipinski definition) is 1. The summed E-state index contributed by atoms with van der Waals surface area (Å²) in [4.78, 5) is 1.95. The van der Waals surface area contributed by atoms with Crippen LogP contribution >= 0.6 is 0 Å². The van der Waals surface area contributed by atoms with Crippen molar-refractivity contribution in [2.24, 2.45) is 0 Å². The van der Waals surface area contributed by atoms with E-state index in [1.165, 1.54) is 6.34 Å². The molecule has 0 aromatic rings. The maximum absolute atomic E-state index is 7.01. The summed E-state index contributed by atoms with van der Waals surface area (Å²) in [5.74, 6) is 0. The van der Waals surface area contributed by atoms with Crippen LogP contribution in [0.4, 0.5) is 0 Å². The van der Waals surface area contributed by atoms with Gasteiger partial charge in [0.1, 0.15) is 0 Å². The van der Waals surface area contributed by atoms with Crippen LogP contribution in [-0.4, -0.2) is 37.5 Å². The highest BCUT2D eigenvalue weighted by molar-refractivity contribution is 5.50. The van der Waals surface area contributed by atoms with E-state index >= 15 is 0 Å². The van der Waals surface area contributed by atoms with E-state index in [2.05, 4.69) is 0 Å². The SMILES string of the molecule is CN(C=N)C1CCOCC1. The fourth-order valence-corrected chi connectivity index (χ4v) is 1.20. The fraction of sp³-hybridized carbons (Fsp3) is 0.857. The molecule has 0 radical (unpaired) electrons. The first-order chi connectivity index (χ1) is 4.84. The molecule has 1 heterocycles. The molecule has 58 valence electrons. The van der Waals surface area contributed by atoms with Crippen molar-refractivity contribution in [2.75, 3.05) is 20.3 Å². The summed E-state index contributed by atoms with van der Waals surface area (Å²) in [6, 6.07) is 0.534. The van der Waals surface area contributed by atoms with Gasteiger partial charge in [0.2, 0.25) is 0 Å². The lowest BCUT2D eigenvalue weighted by Crippen LogP contribution is -2.35. The topological polar surface area (TPSA) is 36.3 Å². The number of nitrogens with zero attached hydrogens (tertiary/aromatic N) is 1. The molecule has 0 aliphatic carbocycles. The molecule has 0 aromatic carbocycles. The van der Waals surface area contributed by atoms with Gasteiger partial charge in [-0.2, -0.15) is 0 Å². The zero-order valence-corrected chi connectivity index (χ0v) is 6.34. The molecule has 10 heavy (non-hydrogen) atoms. The zero-order valence-electron chi connectivity index (χ0n) is 6.34. The van der Waals surface area contributed by atoms with Crippen molar-refractivity contribution in [1.29, 1.82) is 5.41 Å². The van der Waals surface area contributed by atoms with E-state index in [4.69, 9.17) is 10.1 Å². The van der Waals surface area contributed by atoms with Gasteiger partial charge in [-0.25, -0.2) is 0 Å². The van der Waals surface area contributed by atoms with Crippen LogP contribution in [-0.2, 0) is 4.74 Å². The fourth-order valence-electron chi connectivity index (χ4n) is 1.20. The third kappa shape index (κ3) is 1.70. The first kappa shape index (κ1) is 7.54. The number of rotatable bonds is 2. The Bertz CT molecular complexity index is 110. The third-order valence-corrected chi connectivity index (χ3v) is 1.97. The molecule has 1 saturated heterocycles. The van der Waals surface area contributed by atoms with Gasteiger partial charge in [-0.15, -0.1) is 0 Å². The third-order valence-electron chi connectivity index (χ3n) is 1.97. The molecule has 0 unspecified atom stereocenters. The van der Waals surface area contributed by atoms with Crippen LogP contribution in [0.3, 0.4) is 0 Å². The Morgan fingerprint density at radius 3 is 2.60 bits per heavy atom. The molecule has 1 aliphatic heterocycles. The Kier molecular flexibility index (Phi) is 2.68. The van der Waals surface area contributed by atoms with Gasteiger partial charge in [0.25, 0.3) is 0 Å². The van der Waals surface area contributed by atoms with Crippen molar-refractivity contribution < 1.29 is 4.74 Å². The van der Waals surface area contributed by atoms with Gasteiger partial charge in [-0.1, -0.05) is 0 Å². The van der Waals surface area contributed by atoms with Crippen LogP contribution < -0.4 is 0 Å². The van der Waals surface area contributed by atoms with Crippen LogP contribution in [0.25, 0.3) is 0 Å². The summed E-state index contributed by atoms with van der Waals surface area (Å²) in [6.07, 6.45) is 3.51. The lowest BCUT2D eigenvalue weighted by molar-refractivity contribution is 0.0614. The van der Waals surface area contributed by atoms with Gasteiger partial charge in [-0.05, 0) is 12.8 Å². The van der Waals surface area contributed by atoms with Crippen molar-refractivity contribution in [3.8, 4) is 0 Å². The summed E-state index contributed by atoms with van der Waals surface area (Å²) in [6.45, 7) is 1.70. The van der Waals surface area contributed by atoms with Crippen molar-refractivity contribution in [2.45, 2.75) is 18.9 Å². The molecule has 0 bridgehead atoms. The monoisotopic (exact) mass is 142 g/mol. The Labute approximate surface area is 61.5 Å². The first-order valence-corrected chi connectivity index (χ1v) is 3.65. The normalized spacial score (nSPS) is 20.5. The smallest absolute Gasteiger partial charge is 0.0817 e. The Morgan fingerprint density at radius 2 is 2.10 bits per heavy atom. The highest BCUT2D eigenvalue weighted by Gasteiger charge is 2.15.